The van der Waals surface area contributed by atoms with Gasteiger partial charge in [0.2, 0.25) is 0 Å². The van der Waals surface area contributed by atoms with Gasteiger partial charge in [0.05, 0.1) is 27.2 Å². The van der Waals surface area contributed by atoms with Crippen LogP contribution in [0, 0.1) is 10.4 Å². The molecule has 0 radical (unpaired) electrons. The van der Waals surface area contributed by atoms with E-state index in [0.717, 1.165) is 64.2 Å². The summed E-state index contributed by atoms with van der Waals surface area (Å²) in [5.41, 5.74) is 0. The van der Waals surface area contributed by atoms with Crippen molar-refractivity contribution < 1.29 is 19.5 Å². The summed E-state index contributed by atoms with van der Waals surface area (Å²) >= 11 is 0. The van der Waals surface area contributed by atoms with Gasteiger partial charge in [0, 0.05) is 0 Å². The molecule has 0 fully saturated rings. The summed E-state index contributed by atoms with van der Waals surface area (Å²) in [6.45, 7) is 6.05. The number of rotatable bonds is 27. The Hall–Kier alpha value is -0.240. The van der Waals surface area contributed by atoms with Crippen LogP contribution in [0.1, 0.15) is 142 Å². The monoisotopic (exact) mass is 516 g/mol. The van der Waals surface area contributed by atoms with Gasteiger partial charge in [0.1, 0.15) is 25.3 Å². The number of hydrogen-bond acceptors (Lipinski definition) is 4. The van der Waals surface area contributed by atoms with Gasteiger partial charge in [-0.15, -0.1) is 0 Å². The van der Waals surface area contributed by atoms with Gasteiger partial charge in [0.25, 0.3) is 0 Å². The second kappa shape index (κ2) is 22.7. The van der Waals surface area contributed by atoms with Crippen molar-refractivity contribution in [3.63, 3.8) is 0 Å². The van der Waals surface area contributed by atoms with Crippen LogP contribution in [0.4, 0.5) is 0 Å². The van der Waals surface area contributed by atoms with Crippen LogP contribution in [0.5, 0.6) is 0 Å². The lowest BCUT2D eigenvalue weighted by Gasteiger charge is -2.41. The molecule has 0 aromatic rings. The number of likely N-dealkylation sites (N-methyl/N-ethyl adjacent to an activating group) is 2. The summed E-state index contributed by atoms with van der Waals surface area (Å²) in [6.07, 6.45) is 21.1. The number of aliphatic hydroxyl groups is 2. The van der Waals surface area contributed by atoms with Crippen LogP contribution < -0.4 is 0 Å². The molecule has 218 valence electrons. The zero-order valence-electron chi connectivity index (χ0n) is 24.7. The third-order valence-corrected chi connectivity index (χ3v) is 7.49. The van der Waals surface area contributed by atoms with E-state index in [2.05, 4.69) is 13.8 Å². The Balaban J connectivity index is 3.79. The molecule has 0 aliphatic rings. The Morgan fingerprint density at radius 1 is 0.472 bits per heavy atom. The number of nitrogens with zero attached hydrogens (tertiary/aromatic N) is 2. The fourth-order valence-corrected chi connectivity index (χ4v) is 5.18. The maximum atomic E-state index is 12.7. The van der Waals surface area contributed by atoms with Gasteiger partial charge in [-0.2, -0.15) is 0 Å². The first kappa shape index (κ1) is 35.8. The lowest BCUT2D eigenvalue weighted by Crippen LogP contribution is -2.44. The molecule has 0 bridgehead atoms. The van der Waals surface area contributed by atoms with Crippen LogP contribution in [-0.2, 0) is 0 Å². The Morgan fingerprint density at radius 3 is 1.08 bits per heavy atom. The average Bonchev–Trinajstić information content (AvgIpc) is 2.79. The average molecular weight is 517 g/mol. The third kappa shape index (κ3) is 24.1. The zero-order chi connectivity index (χ0) is 27.1. The van der Waals surface area contributed by atoms with Crippen LogP contribution in [0.25, 0.3) is 0 Å². The van der Waals surface area contributed by atoms with Gasteiger partial charge in [0.15, 0.2) is 0 Å². The minimum atomic E-state index is -0.505. The normalized spacial score (nSPS) is 17.0. The molecule has 0 amide bonds. The van der Waals surface area contributed by atoms with E-state index in [-0.39, 0.29) is 22.4 Å². The van der Waals surface area contributed by atoms with E-state index in [4.69, 9.17) is 0 Å². The summed E-state index contributed by atoms with van der Waals surface area (Å²) in [4.78, 5) is 0. The molecular formula is C30H64N2O4. The second-order valence-electron chi connectivity index (χ2n) is 11.9. The molecule has 0 aromatic heterocycles. The van der Waals surface area contributed by atoms with Crippen LogP contribution in [-0.4, -0.2) is 72.0 Å². The first-order valence-electron chi connectivity index (χ1n) is 15.6. The van der Waals surface area contributed by atoms with Gasteiger partial charge in [-0.25, -0.2) is 0 Å². The van der Waals surface area contributed by atoms with Crippen molar-refractivity contribution in [3.8, 4) is 0 Å². The summed E-state index contributed by atoms with van der Waals surface area (Å²) in [5.74, 6) is 0. The van der Waals surface area contributed by atoms with E-state index in [1.807, 2.05) is 0 Å². The first-order chi connectivity index (χ1) is 17.1. The van der Waals surface area contributed by atoms with Crippen LogP contribution >= 0.6 is 0 Å². The number of hydroxylamine groups is 6. The molecule has 36 heavy (non-hydrogen) atoms. The van der Waals surface area contributed by atoms with Gasteiger partial charge in [-0.1, -0.05) is 104 Å². The lowest BCUT2D eigenvalue weighted by atomic mass is 10.1. The minimum Gasteiger partial charge on any atom is -0.633 e. The quantitative estimate of drug-likeness (QED) is 0.0675. The topological polar surface area (TPSA) is 86.6 Å². The summed E-state index contributed by atoms with van der Waals surface area (Å²) in [6, 6.07) is 0. The standard InChI is InChI=1S/C30H64N2O4/c1-5-7-9-11-13-15-19-23-29(33)27-31(3,35)25-21-17-18-22-26-32(4,36)28-30(34)24-20-16-14-12-10-8-6-2/h29-30,33-34H,5-28H2,1-4H3. The molecule has 0 saturated heterocycles. The molecule has 0 heterocycles. The van der Waals surface area contributed by atoms with Crippen molar-refractivity contribution in [2.45, 2.75) is 154 Å². The Kier molecular flexibility index (Phi) is 22.6. The van der Waals surface area contributed by atoms with Crippen molar-refractivity contribution >= 4 is 0 Å². The summed E-state index contributed by atoms with van der Waals surface area (Å²) in [5, 5.41) is 45.9. The lowest BCUT2D eigenvalue weighted by molar-refractivity contribution is -0.865. The van der Waals surface area contributed by atoms with Crippen molar-refractivity contribution in [2.75, 3.05) is 40.3 Å². The fraction of sp³-hybridized carbons (Fsp3) is 1.00. The molecule has 0 rings (SSSR count). The van der Waals surface area contributed by atoms with Crippen LogP contribution in [0.2, 0.25) is 0 Å². The molecule has 0 spiro atoms. The second-order valence-corrected chi connectivity index (χ2v) is 11.9. The number of quaternary nitrogens is 2. The molecule has 4 atom stereocenters. The predicted molar refractivity (Wildman–Crippen MR) is 154 cm³/mol. The molecule has 6 nitrogen and oxygen atoms in total. The van der Waals surface area contributed by atoms with E-state index in [1.54, 1.807) is 14.1 Å². The summed E-state index contributed by atoms with van der Waals surface area (Å²) < 4.78 is -0.754. The van der Waals surface area contributed by atoms with Gasteiger partial charge >= 0.3 is 0 Å². The minimum absolute atomic E-state index is 0.280. The number of hydrogen-bond donors (Lipinski definition) is 2. The molecular weight excluding hydrogens is 452 g/mol. The van der Waals surface area contributed by atoms with Crippen molar-refractivity contribution in [1.82, 2.24) is 0 Å². The largest absolute Gasteiger partial charge is 0.633 e. The van der Waals surface area contributed by atoms with Gasteiger partial charge < -0.3 is 29.9 Å². The highest BCUT2D eigenvalue weighted by Crippen LogP contribution is 2.15. The van der Waals surface area contributed by atoms with Crippen LogP contribution in [0.3, 0.4) is 0 Å². The molecule has 0 aliphatic carbocycles. The molecule has 4 unspecified atom stereocenters. The van der Waals surface area contributed by atoms with E-state index < -0.39 is 12.2 Å². The van der Waals surface area contributed by atoms with E-state index in [1.165, 1.54) is 64.2 Å². The van der Waals surface area contributed by atoms with Crippen LogP contribution in [0.15, 0.2) is 0 Å². The fourth-order valence-electron chi connectivity index (χ4n) is 5.18. The molecule has 0 aromatic carbocycles. The summed E-state index contributed by atoms with van der Waals surface area (Å²) in [7, 11) is 3.35. The highest BCUT2D eigenvalue weighted by atomic mass is 16.5. The maximum absolute atomic E-state index is 12.7. The smallest absolute Gasteiger partial charge is 0.104 e. The Labute approximate surface area is 224 Å². The molecule has 0 aliphatic heterocycles. The van der Waals surface area contributed by atoms with E-state index >= 15 is 0 Å². The van der Waals surface area contributed by atoms with Crippen molar-refractivity contribution in [3.05, 3.63) is 10.4 Å². The van der Waals surface area contributed by atoms with Gasteiger partial charge in [-0.05, 0) is 38.5 Å². The Morgan fingerprint density at radius 2 is 0.750 bits per heavy atom. The van der Waals surface area contributed by atoms with Crippen molar-refractivity contribution in [1.29, 1.82) is 0 Å². The maximum Gasteiger partial charge on any atom is 0.104 e. The SMILES string of the molecule is CCCCCCCCCC(O)C[N+](C)([O-])CCCCCC[N+](C)([O-])CC(O)CCCCCCCCC. The number of unbranched alkanes of at least 4 members (excludes halogenated alkanes) is 15. The van der Waals surface area contributed by atoms with E-state index in [0.29, 0.717) is 13.1 Å². The highest BCUT2D eigenvalue weighted by Gasteiger charge is 2.18. The molecule has 6 heteroatoms. The van der Waals surface area contributed by atoms with Crippen molar-refractivity contribution in [2.24, 2.45) is 0 Å². The Bertz CT molecular complexity index is 432. The van der Waals surface area contributed by atoms with Gasteiger partial charge in [-0.3, -0.25) is 0 Å². The third-order valence-electron chi connectivity index (χ3n) is 7.49. The molecule has 2 N–H and O–H groups in total. The molecule has 0 saturated carbocycles. The predicted octanol–water partition coefficient (Wildman–Crippen LogP) is 7.44. The number of aliphatic hydroxyl groups excluding tert-OH is 2. The first-order valence-corrected chi connectivity index (χ1v) is 15.6. The zero-order valence-corrected chi connectivity index (χ0v) is 24.7. The van der Waals surface area contributed by atoms with E-state index in [9.17, 15) is 20.6 Å². The highest BCUT2D eigenvalue weighted by molar-refractivity contribution is 4.59.